The molecule has 0 aliphatic carbocycles. The minimum absolute atomic E-state index is 0.0586. The molecule has 1 aromatic heterocycles. The third kappa shape index (κ3) is 2.99. The molecule has 0 atom stereocenters. The Bertz CT molecular complexity index is 441. The van der Waals surface area contributed by atoms with Gasteiger partial charge in [0, 0.05) is 13.6 Å². The van der Waals surface area contributed by atoms with Crippen molar-refractivity contribution in [3.8, 4) is 0 Å². The number of nitrogen functional groups attached to an aromatic ring is 1. The summed E-state index contributed by atoms with van der Waals surface area (Å²) in [5.74, 6) is -0.600. The van der Waals surface area contributed by atoms with Crippen LogP contribution in [0, 0.1) is 0 Å². The van der Waals surface area contributed by atoms with Gasteiger partial charge in [0.1, 0.15) is 0 Å². The Labute approximate surface area is 106 Å². The summed E-state index contributed by atoms with van der Waals surface area (Å²) in [4.78, 5) is 24.8. The fourth-order valence-electron chi connectivity index (χ4n) is 1.38. The van der Waals surface area contributed by atoms with Crippen LogP contribution in [0.4, 0.5) is 5.69 Å². The molecular formula is C11H19N5O2. The summed E-state index contributed by atoms with van der Waals surface area (Å²) in [5.41, 5.74) is 6.95. The summed E-state index contributed by atoms with van der Waals surface area (Å²) in [6, 6.07) is 0. The lowest BCUT2D eigenvalue weighted by Crippen LogP contribution is -2.38. The Morgan fingerprint density at radius 2 is 2.11 bits per heavy atom. The van der Waals surface area contributed by atoms with Crippen LogP contribution in [-0.4, -0.2) is 47.0 Å². The highest BCUT2D eigenvalue weighted by Gasteiger charge is 2.17. The van der Waals surface area contributed by atoms with E-state index in [4.69, 9.17) is 5.73 Å². The first kappa shape index (κ1) is 14.0. The number of hydrogen-bond acceptors (Lipinski definition) is 4. The first-order valence-electron chi connectivity index (χ1n) is 5.86. The number of nitrogens with zero attached hydrogens (tertiary/aromatic N) is 2. The van der Waals surface area contributed by atoms with Crippen LogP contribution in [-0.2, 0) is 11.2 Å². The van der Waals surface area contributed by atoms with Crippen LogP contribution in [0.3, 0.4) is 0 Å². The molecule has 0 saturated heterocycles. The second-order valence-electron chi connectivity index (χ2n) is 3.91. The van der Waals surface area contributed by atoms with Crippen molar-refractivity contribution in [2.45, 2.75) is 20.3 Å². The van der Waals surface area contributed by atoms with E-state index in [1.54, 1.807) is 7.05 Å². The smallest absolute Gasteiger partial charge is 0.274 e. The molecule has 0 radical (unpaired) electrons. The Morgan fingerprint density at radius 1 is 1.44 bits per heavy atom. The highest BCUT2D eigenvalue weighted by atomic mass is 16.2. The summed E-state index contributed by atoms with van der Waals surface area (Å²) in [6.45, 7) is 4.31. The quantitative estimate of drug-likeness (QED) is 0.673. The number of likely N-dealkylation sites (N-methyl/N-ethyl adjacent to an activating group) is 1. The zero-order valence-corrected chi connectivity index (χ0v) is 10.9. The van der Waals surface area contributed by atoms with E-state index in [0.717, 1.165) is 5.69 Å². The predicted octanol–water partition coefficient (Wildman–Crippen LogP) is -0.238. The zero-order valence-electron chi connectivity index (χ0n) is 10.9. The maximum absolute atomic E-state index is 11.8. The zero-order chi connectivity index (χ0) is 13.7. The van der Waals surface area contributed by atoms with Gasteiger partial charge < -0.3 is 16.0 Å². The molecule has 1 heterocycles. The number of nitrogens with two attached hydrogens (primary N) is 1. The van der Waals surface area contributed by atoms with E-state index in [1.807, 2.05) is 13.8 Å². The Hall–Kier alpha value is -2.05. The standard InChI is InChI=1S/C11H19N5O2/c1-4-7-9(12)10(15-14-7)11(18)13-6-8(17)16(3)5-2/h4-6,12H2,1-3H3,(H,13,18)(H,14,15). The van der Waals surface area contributed by atoms with E-state index in [1.165, 1.54) is 4.90 Å². The number of amides is 2. The largest absolute Gasteiger partial charge is 0.395 e. The van der Waals surface area contributed by atoms with Crippen LogP contribution >= 0.6 is 0 Å². The van der Waals surface area contributed by atoms with Crippen molar-refractivity contribution >= 4 is 17.5 Å². The second kappa shape index (κ2) is 6.04. The van der Waals surface area contributed by atoms with Gasteiger partial charge in [0.2, 0.25) is 5.91 Å². The van der Waals surface area contributed by atoms with Gasteiger partial charge in [-0.1, -0.05) is 6.92 Å². The summed E-state index contributed by atoms with van der Waals surface area (Å²) < 4.78 is 0. The van der Waals surface area contributed by atoms with Gasteiger partial charge in [-0.05, 0) is 13.3 Å². The van der Waals surface area contributed by atoms with Crippen molar-refractivity contribution in [3.63, 3.8) is 0 Å². The van der Waals surface area contributed by atoms with Gasteiger partial charge in [0.05, 0.1) is 17.9 Å². The molecule has 0 unspecified atom stereocenters. The van der Waals surface area contributed by atoms with Crippen LogP contribution in [0.25, 0.3) is 0 Å². The van der Waals surface area contributed by atoms with Crippen molar-refractivity contribution in [1.82, 2.24) is 20.4 Å². The summed E-state index contributed by atoms with van der Waals surface area (Å²) in [6.07, 6.45) is 0.670. The molecule has 0 bridgehead atoms. The highest BCUT2D eigenvalue weighted by molar-refractivity contribution is 5.99. The van der Waals surface area contributed by atoms with Gasteiger partial charge in [-0.3, -0.25) is 14.7 Å². The van der Waals surface area contributed by atoms with Crippen molar-refractivity contribution in [3.05, 3.63) is 11.4 Å². The fourth-order valence-corrected chi connectivity index (χ4v) is 1.38. The molecule has 0 fully saturated rings. The van der Waals surface area contributed by atoms with E-state index in [0.29, 0.717) is 18.7 Å². The van der Waals surface area contributed by atoms with Gasteiger partial charge >= 0.3 is 0 Å². The number of hydrogen-bond donors (Lipinski definition) is 3. The van der Waals surface area contributed by atoms with Gasteiger partial charge in [-0.15, -0.1) is 0 Å². The lowest BCUT2D eigenvalue weighted by molar-refractivity contribution is -0.128. The van der Waals surface area contributed by atoms with Gasteiger partial charge in [0.25, 0.3) is 5.91 Å². The Kier molecular flexibility index (Phi) is 4.70. The second-order valence-corrected chi connectivity index (χ2v) is 3.91. The molecule has 1 aromatic rings. The first-order valence-corrected chi connectivity index (χ1v) is 5.86. The summed E-state index contributed by atoms with van der Waals surface area (Å²) in [5, 5.41) is 9.04. The number of anilines is 1. The molecule has 100 valence electrons. The molecule has 7 nitrogen and oxygen atoms in total. The summed E-state index contributed by atoms with van der Waals surface area (Å²) in [7, 11) is 1.67. The molecule has 0 aliphatic rings. The molecule has 0 aromatic carbocycles. The minimum Gasteiger partial charge on any atom is -0.395 e. The number of carbonyl (C=O) groups is 2. The van der Waals surface area contributed by atoms with Crippen molar-refractivity contribution < 1.29 is 9.59 Å². The number of carbonyl (C=O) groups excluding carboxylic acids is 2. The maximum Gasteiger partial charge on any atom is 0.274 e. The topological polar surface area (TPSA) is 104 Å². The molecule has 0 spiro atoms. The Morgan fingerprint density at radius 3 is 2.61 bits per heavy atom. The fraction of sp³-hybridized carbons (Fsp3) is 0.545. The molecule has 0 saturated carbocycles. The van der Waals surface area contributed by atoms with Gasteiger partial charge in [0.15, 0.2) is 5.69 Å². The number of aromatic amines is 1. The predicted molar refractivity (Wildman–Crippen MR) is 68.0 cm³/mol. The number of rotatable bonds is 5. The molecular weight excluding hydrogens is 234 g/mol. The molecule has 0 aliphatic heterocycles. The first-order chi connectivity index (χ1) is 8.51. The van der Waals surface area contributed by atoms with E-state index < -0.39 is 5.91 Å². The number of H-pyrrole nitrogens is 1. The van der Waals surface area contributed by atoms with Crippen LogP contribution in [0.2, 0.25) is 0 Å². The molecule has 1 rings (SSSR count). The number of aryl methyl sites for hydroxylation is 1. The van der Waals surface area contributed by atoms with Gasteiger partial charge in [-0.2, -0.15) is 5.10 Å². The van der Waals surface area contributed by atoms with Crippen molar-refractivity contribution in [2.24, 2.45) is 0 Å². The lowest BCUT2D eigenvalue weighted by Gasteiger charge is -2.14. The average Bonchev–Trinajstić information content (AvgIpc) is 2.75. The van der Waals surface area contributed by atoms with E-state index >= 15 is 0 Å². The lowest BCUT2D eigenvalue weighted by atomic mass is 10.2. The minimum atomic E-state index is -0.443. The van der Waals surface area contributed by atoms with E-state index in [2.05, 4.69) is 15.5 Å². The van der Waals surface area contributed by atoms with Crippen molar-refractivity contribution in [2.75, 3.05) is 25.9 Å². The highest BCUT2D eigenvalue weighted by Crippen LogP contribution is 2.13. The third-order valence-electron chi connectivity index (χ3n) is 2.75. The van der Waals surface area contributed by atoms with Crippen LogP contribution in [0.1, 0.15) is 30.0 Å². The van der Waals surface area contributed by atoms with Crippen molar-refractivity contribution in [1.29, 1.82) is 0 Å². The molecule has 18 heavy (non-hydrogen) atoms. The Balaban J connectivity index is 2.61. The maximum atomic E-state index is 11.8. The molecule has 4 N–H and O–H groups in total. The molecule has 2 amide bonds. The normalized spacial score (nSPS) is 10.2. The van der Waals surface area contributed by atoms with Gasteiger partial charge in [-0.25, -0.2) is 0 Å². The SMILES string of the molecule is CCc1[nH]nc(C(=O)NCC(=O)N(C)CC)c1N. The monoisotopic (exact) mass is 253 g/mol. The van der Waals surface area contributed by atoms with Crippen LogP contribution < -0.4 is 11.1 Å². The third-order valence-corrected chi connectivity index (χ3v) is 2.75. The number of aromatic nitrogens is 2. The van der Waals surface area contributed by atoms with Crippen LogP contribution in [0.5, 0.6) is 0 Å². The van der Waals surface area contributed by atoms with Crippen LogP contribution in [0.15, 0.2) is 0 Å². The summed E-state index contributed by atoms with van der Waals surface area (Å²) >= 11 is 0. The molecule has 7 heteroatoms. The average molecular weight is 253 g/mol. The van der Waals surface area contributed by atoms with E-state index in [9.17, 15) is 9.59 Å². The number of nitrogens with one attached hydrogen (secondary N) is 2. The van der Waals surface area contributed by atoms with E-state index in [-0.39, 0.29) is 18.1 Å².